The first-order chi connectivity index (χ1) is 7.52. The van der Waals surface area contributed by atoms with Crippen molar-refractivity contribution in [1.82, 2.24) is 5.32 Å². The van der Waals surface area contributed by atoms with Crippen molar-refractivity contribution in [1.29, 1.82) is 0 Å². The normalized spacial score (nSPS) is 19.8. The largest absolute Gasteiger partial charge is 0.350 e. The summed E-state index contributed by atoms with van der Waals surface area (Å²) in [5.41, 5.74) is 5.45. The number of hydrogen-bond acceptors (Lipinski definition) is 2. The third-order valence-corrected chi connectivity index (χ3v) is 4.35. The van der Waals surface area contributed by atoms with E-state index in [9.17, 15) is 4.79 Å². The van der Waals surface area contributed by atoms with Crippen LogP contribution in [0.4, 0.5) is 0 Å². The summed E-state index contributed by atoms with van der Waals surface area (Å²) in [6.07, 6.45) is 6.30. The first-order valence-electron chi connectivity index (χ1n) is 6.54. The van der Waals surface area contributed by atoms with Gasteiger partial charge in [0.15, 0.2) is 0 Å². The van der Waals surface area contributed by atoms with Crippen LogP contribution in [-0.4, -0.2) is 18.0 Å². The Morgan fingerprint density at radius 2 is 1.81 bits per heavy atom. The first-order valence-corrected chi connectivity index (χ1v) is 6.54. The number of carbonyl (C=O) groups excluding carboxylic acids is 1. The predicted molar refractivity (Wildman–Crippen MR) is 67.1 cm³/mol. The monoisotopic (exact) mass is 226 g/mol. The molecule has 0 spiro atoms. The number of rotatable bonds is 5. The third kappa shape index (κ3) is 2.57. The van der Waals surface area contributed by atoms with Crippen LogP contribution in [-0.2, 0) is 4.79 Å². The van der Waals surface area contributed by atoms with Crippen LogP contribution in [0.15, 0.2) is 0 Å². The number of hydrogen-bond donors (Lipinski definition) is 2. The quantitative estimate of drug-likeness (QED) is 0.755. The fourth-order valence-electron chi connectivity index (χ4n) is 2.64. The highest BCUT2D eigenvalue weighted by Crippen LogP contribution is 2.32. The van der Waals surface area contributed by atoms with E-state index in [2.05, 4.69) is 12.2 Å². The molecule has 0 unspecified atom stereocenters. The van der Waals surface area contributed by atoms with Crippen molar-refractivity contribution >= 4 is 5.91 Å². The van der Waals surface area contributed by atoms with Gasteiger partial charge in [-0.2, -0.15) is 0 Å². The van der Waals surface area contributed by atoms with Crippen molar-refractivity contribution in [2.24, 2.45) is 11.1 Å². The smallest absolute Gasteiger partial charge is 0.227 e. The Balaban J connectivity index is 2.69. The number of carbonyl (C=O) groups is 1. The van der Waals surface area contributed by atoms with E-state index in [0.29, 0.717) is 6.54 Å². The van der Waals surface area contributed by atoms with Gasteiger partial charge < -0.3 is 11.1 Å². The molecule has 1 fully saturated rings. The minimum absolute atomic E-state index is 0.0157. The lowest BCUT2D eigenvalue weighted by molar-refractivity contribution is -0.132. The van der Waals surface area contributed by atoms with Crippen LogP contribution in [0, 0.1) is 5.41 Å². The third-order valence-electron chi connectivity index (χ3n) is 4.35. The lowest BCUT2D eigenvalue weighted by atomic mass is 9.80. The second kappa shape index (κ2) is 5.17. The summed E-state index contributed by atoms with van der Waals surface area (Å²) < 4.78 is 0. The zero-order chi connectivity index (χ0) is 12.2. The zero-order valence-electron chi connectivity index (χ0n) is 10.9. The number of amides is 1. The molecule has 94 valence electrons. The van der Waals surface area contributed by atoms with Crippen molar-refractivity contribution in [3.05, 3.63) is 0 Å². The van der Waals surface area contributed by atoms with Gasteiger partial charge in [-0.25, -0.2) is 0 Å². The Morgan fingerprint density at radius 3 is 2.19 bits per heavy atom. The number of nitrogens with two attached hydrogens (primary N) is 1. The van der Waals surface area contributed by atoms with Crippen molar-refractivity contribution in [3.8, 4) is 0 Å². The van der Waals surface area contributed by atoms with Gasteiger partial charge in [-0.3, -0.25) is 4.79 Å². The van der Waals surface area contributed by atoms with Gasteiger partial charge >= 0.3 is 0 Å². The molecule has 0 heterocycles. The second-order valence-electron chi connectivity index (χ2n) is 5.41. The summed E-state index contributed by atoms with van der Waals surface area (Å²) in [6.45, 7) is 6.70. The highest BCUT2D eigenvalue weighted by molar-refractivity contribution is 5.83. The minimum Gasteiger partial charge on any atom is -0.350 e. The van der Waals surface area contributed by atoms with Gasteiger partial charge in [-0.05, 0) is 32.6 Å². The van der Waals surface area contributed by atoms with E-state index in [1.165, 1.54) is 12.8 Å². The molecule has 3 nitrogen and oxygen atoms in total. The summed E-state index contributed by atoms with van der Waals surface area (Å²) in [4.78, 5) is 12.3. The van der Waals surface area contributed by atoms with Crippen molar-refractivity contribution in [2.45, 2.75) is 64.8 Å². The summed E-state index contributed by atoms with van der Waals surface area (Å²) in [5.74, 6) is 0.157. The molecule has 0 radical (unpaired) electrons. The second-order valence-corrected chi connectivity index (χ2v) is 5.41. The van der Waals surface area contributed by atoms with Crippen LogP contribution in [0.3, 0.4) is 0 Å². The summed E-state index contributed by atoms with van der Waals surface area (Å²) in [6, 6.07) is 0. The van der Waals surface area contributed by atoms with Gasteiger partial charge in [0, 0.05) is 12.1 Å². The average Bonchev–Trinajstić information content (AvgIpc) is 2.68. The Labute approximate surface area is 99.2 Å². The molecule has 0 aliphatic heterocycles. The highest BCUT2D eigenvalue weighted by Gasteiger charge is 2.38. The highest BCUT2D eigenvalue weighted by atomic mass is 16.2. The van der Waals surface area contributed by atoms with Gasteiger partial charge in [0.05, 0.1) is 5.41 Å². The molecular formula is C13H26N2O. The van der Waals surface area contributed by atoms with Crippen LogP contribution in [0.1, 0.15) is 59.3 Å². The fourth-order valence-corrected chi connectivity index (χ4v) is 2.64. The van der Waals surface area contributed by atoms with Crippen LogP contribution in [0.5, 0.6) is 0 Å². The summed E-state index contributed by atoms with van der Waals surface area (Å²) >= 11 is 0. The van der Waals surface area contributed by atoms with E-state index in [1.54, 1.807) is 0 Å². The molecule has 0 aromatic rings. The van der Waals surface area contributed by atoms with E-state index in [1.807, 2.05) is 13.8 Å². The van der Waals surface area contributed by atoms with Gasteiger partial charge in [0.2, 0.25) is 5.91 Å². The molecule has 3 N–H and O–H groups in total. The van der Waals surface area contributed by atoms with Gasteiger partial charge in [0.25, 0.3) is 0 Å². The van der Waals surface area contributed by atoms with Gasteiger partial charge in [-0.1, -0.05) is 26.7 Å². The van der Waals surface area contributed by atoms with Gasteiger partial charge in [0.1, 0.15) is 0 Å². The Hall–Kier alpha value is -0.570. The lowest BCUT2D eigenvalue weighted by Crippen LogP contribution is -2.53. The average molecular weight is 226 g/mol. The Kier molecular flexibility index (Phi) is 4.36. The predicted octanol–water partition coefficient (Wildman–Crippen LogP) is 2.20. The van der Waals surface area contributed by atoms with E-state index < -0.39 is 0 Å². The molecule has 0 bridgehead atoms. The van der Waals surface area contributed by atoms with Crippen LogP contribution in [0.25, 0.3) is 0 Å². The van der Waals surface area contributed by atoms with Gasteiger partial charge in [-0.15, -0.1) is 0 Å². The standard InChI is InChI=1S/C13H26N2O/c1-4-13(5-2,10-14)11(16)15-12(3)8-6-7-9-12/h4-10,14H2,1-3H3,(H,15,16). The minimum atomic E-state index is -0.356. The maximum Gasteiger partial charge on any atom is 0.227 e. The summed E-state index contributed by atoms with van der Waals surface area (Å²) in [7, 11) is 0. The molecule has 3 heteroatoms. The molecule has 0 aromatic heterocycles. The van der Waals surface area contributed by atoms with Crippen molar-refractivity contribution in [3.63, 3.8) is 0 Å². The maximum absolute atomic E-state index is 12.3. The molecule has 16 heavy (non-hydrogen) atoms. The van der Waals surface area contributed by atoms with E-state index in [4.69, 9.17) is 5.73 Å². The Morgan fingerprint density at radius 1 is 1.31 bits per heavy atom. The maximum atomic E-state index is 12.3. The molecule has 1 saturated carbocycles. The van der Waals surface area contributed by atoms with Crippen LogP contribution < -0.4 is 11.1 Å². The fraction of sp³-hybridized carbons (Fsp3) is 0.923. The van der Waals surface area contributed by atoms with Crippen molar-refractivity contribution in [2.75, 3.05) is 6.54 Å². The number of nitrogens with one attached hydrogen (secondary N) is 1. The topological polar surface area (TPSA) is 55.1 Å². The van der Waals surface area contributed by atoms with E-state index in [-0.39, 0.29) is 16.9 Å². The molecular weight excluding hydrogens is 200 g/mol. The molecule has 1 amide bonds. The lowest BCUT2D eigenvalue weighted by Gasteiger charge is -2.34. The zero-order valence-corrected chi connectivity index (χ0v) is 10.9. The molecule has 1 aliphatic carbocycles. The Bertz CT molecular complexity index is 232. The summed E-state index contributed by atoms with van der Waals surface area (Å²) in [5, 5.41) is 3.23. The SMILES string of the molecule is CCC(CC)(CN)C(=O)NC1(C)CCCC1. The van der Waals surface area contributed by atoms with E-state index >= 15 is 0 Å². The van der Waals surface area contributed by atoms with Crippen LogP contribution in [0.2, 0.25) is 0 Å². The van der Waals surface area contributed by atoms with Crippen LogP contribution >= 0.6 is 0 Å². The molecule has 1 rings (SSSR count). The first kappa shape index (κ1) is 13.5. The molecule has 0 atom stereocenters. The van der Waals surface area contributed by atoms with E-state index in [0.717, 1.165) is 25.7 Å². The molecule has 1 aliphatic rings. The molecule has 0 saturated heterocycles. The van der Waals surface area contributed by atoms with Crippen molar-refractivity contribution < 1.29 is 4.79 Å². The molecule has 0 aromatic carbocycles.